The lowest BCUT2D eigenvalue weighted by Gasteiger charge is -2.13. The number of aliphatic hydroxyl groups is 1. The second-order valence-electron chi connectivity index (χ2n) is 3.69. The number of primary amides is 1. The molecule has 8 heteroatoms. The third-order valence-corrected chi connectivity index (χ3v) is 2.39. The van der Waals surface area contributed by atoms with Gasteiger partial charge in [-0.25, -0.2) is 4.79 Å². The van der Waals surface area contributed by atoms with Crippen molar-refractivity contribution in [1.29, 1.82) is 0 Å². The van der Waals surface area contributed by atoms with Gasteiger partial charge in [-0.3, -0.25) is 9.59 Å². The lowest BCUT2D eigenvalue weighted by atomic mass is 10.2. The number of carboxylic acids is 1. The SMILES string of the molecule is NC(=O)C(O)CNC(=O)[C@@H]1CC[C@H](C(=O)O)O1. The third kappa shape index (κ3) is 3.68. The van der Waals surface area contributed by atoms with Crippen LogP contribution < -0.4 is 11.1 Å². The molecule has 0 aliphatic carbocycles. The van der Waals surface area contributed by atoms with E-state index in [9.17, 15) is 14.4 Å². The average molecular weight is 246 g/mol. The van der Waals surface area contributed by atoms with Gasteiger partial charge >= 0.3 is 5.97 Å². The average Bonchev–Trinajstić information content (AvgIpc) is 2.74. The first-order chi connectivity index (χ1) is 7.91. The molecule has 5 N–H and O–H groups in total. The zero-order chi connectivity index (χ0) is 13.0. The first-order valence-electron chi connectivity index (χ1n) is 5.05. The summed E-state index contributed by atoms with van der Waals surface area (Å²) in [7, 11) is 0. The number of ether oxygens (including phenoxy) is 1. The van der Waals surface area contributed by atoms with E-state index in [1.807, 2.05) is 0 Å². The van der Waals surface area contributed by atoms with Crippen LogP contribution in [0.25, 0.3) is 0 Å². The third-order valence-electron chi connectivity index (χ3n) is 2.39. The van der Waals surface area contributed by atoms with Crippen molar-refractivity contribution >= 4 is 17.8 Å². The molecule has 8 nitrogen and oxygen atoms in total. The highest BCUT2D eigenvalue weighted by molar-refractivity contribution is 5.84. The van der Waals surface area contributed by atoms with Gasteiger partial charge in [0.2, 0.25) is 11.8 Å². The van der Waals surface area contributed by atoms with Crippen LogP contribution in [0, 0.1) is 0 Å². The van der Waals surface area contributed by atoms with Gasteiger partial charge < -0.3 is 26.0 Å². The van der Waals surface area contributed by atoms with E-state index in [-0.39, 0.29) is 19.4 Å². The summed E-state index contributed by atoms with van der Waals surface area (Å²) in [6.45, 7) is -0.314. The first-order valence-corrected chi connectivity index (χ1v) is 5.05. The predicted octanol–water partition coefficient (Wildman–Crippen LogP) is -2.42. The standard InChI is InChI=1S/C9H14N2O6/c10-7(13)4(12)3-11-8(14)5-1-2-6(17-5)9(15)16/h4-6,12H,1-3H2,(H2,10,13)(H,11,14)(H,15,16)/t4?,5-,6+/m0/s1. The number of hydrogen-bond donors (Lipinski definition) is 4. The Morgan fingerprint density at radius 1 is 1.35 bits per heavy atom. The maximum absolute atomic E-state index is 11.4. The topological polar surface area (TPSA) is 139 Å². The van der Waals surface area contributed by atoms with Gasteiger partial charge in [-0.1, -0.05) is 0 Å². The van der Waals surface area contributed by atoms with Gasteiger partial charge in [0, 0.05) is 0 Å². The van der Waals surface area contributed by atoms with E-state index in [0.717, 1.165) is 0 Å². The Morgan fingerprint density at radius 2 is 1.94 bits per heavy atom. The Bertz CT molecular complexity index is 331. The minimum absolute atomic E-state index is 0.256. The van der Waals surface area contributed by atoms with Crippen molar-refractivity contribution in [3.63, 3.8) is 0 Å². The van der Waals surface area contributed by atoms with Gasteiger partial charge in [0.25, 0.3) is 0 Å². The maximum Gasteiger partial charge on any atom is 0.332 e. The first kappa shape index (κ1) is 13.4. The minimum Gasteiger partial charge on any atom is -0.479 e. The fourth-order valence-corrected chi connectivity index (χ4v) is 1.42. The fraction of sp³-hybridized carbons (Fsp3) is 0.667. The quantitative estimate of drug-likeness (QED) is 0.425. The minimum atomic E-state index is -1.46. The number of aliphatic hydroxyl groups excluding tert-OH is 1. The monoisotopic (exact) mass is 246 g/mol. The van der Waals surface area contributed by atoms with Crippen molar-refractivity contribution in [2.24, 2.45) is 5.73 Å². The highest BCUT2D eigenvalue weighted by Crippen LogP contribution is 2.19. The second-order valence-corrected chi connectivity index (χ2v) is 3.69. The number of rotatable bonds is 5. The van der Waals surface area contributed by atoms with E-state index >= 15 is 0 Å². The number of amides is 2. The summed E-state index contributed by atoms with van der Waals surface area (Å²) in [6.07, 6.45) is -2.76. The zero-order valence-electron chi connectivity index (χ0n) is 8.96. The lowest BCUT2D eigenvalue weighted by molar-refractivity contribution is -0.151. The van der Waals surface area contributed by atoms with Crippen LogP contribution in [-0.4, -0.2) is 52.9 Å². The number of nitrogens with two attached hydrogens (primary N) is 1. The molecule has 0 bridgehead atoms. The van der Waals surface area contributed by atoms with Crippen LogP contribution in [0.4, 0.5) is 0 Å². The van der Waals surface area contributed by atoms with E-state index in [2.05, 4.69) is 5.32 Å². The summed E-state index contributed by atoms with van der Waals surface area (Å²) in [5, 5.41) is 19.9. The van der Waals surface area contributed by atoms with Crippen molar-refractivity contribution in [2.75, 3.05) is 6.54 Å². The van der Waals surface area contributed by atoms with Crippen LogP contribution in [0.3, 0.4) is 0 Å². The fourth-order valence-electron chi connectivity index (χ4n) is 1.42. The molecule has 1 fully saturated rings. The molecule has 17 heavy (non-hydrogen) atoms. The Labute approximate surface area is 96.7 Å². The van der Waals surface area contributed by atoms with Crippen molar-refractivity contribution in [3.05, 3.63) is 0 Å². The van der Waals surface area contributed by atoms with Crippen LogP contribution in [0.15, 0.2) is 0 Å². The molecular weight excluding hydrogens is 232 g/mol. The lowest BCUT2D eigenvalue weighted by Crippen LogP contribution is -2.43. The summed E-state index contributed by atoms with van der Waals surface area (Å²) in [5.41, 5.74) is 4.79. The van der Waals surface area contributed by atoms with Gasteiger partial charge in [0.1, 0.15) is 12.2 Å². The molecule has 2 amide bonds. The molecule has 0 saturated carbocycles. The molecule has 0 radical (unpaired) electrons. The maximum atomic E-state index is 11.4. The highest BCUT2D eigenvalue weighted by atomic mass is 16.5. The highest BCUT2D eigenvalue weighted by Gasteiger charge is 2.34. The van der Waals surface area contributed by atoms with E-state index in [1.165, 1.54) is 0 Å². The number of carboxylic acid groups (broad SMARTS) is 1. The van der Waals surface area contributed by atoms with E-state index in [1.54, 1.807) is 0 Å². The summed E-state index contributed by atoms with van der Waals surface area (Å²) in [4.78, 5) is 32.5. The van der Waals surface area contributed by atoms with Crippen molar-refractivity contribution in [1.82, 2.24) is 5.32 Å². The number of nitrogens with one attached hydrogen (secondary N) is 1. The molecule has 1 heterocycles. The van der Waals surface area contributed by atoms with Gasteiger partial charge in [-0.2, -0.15) is 0 Å². The Kier molecular flexibility index (Phi) is 4.41. The van der Waals surface area contributed by atoms with Crippen molar-refractivity contribution in [2.45, 2.75) is 31.2 Å². The van der Waals surface area contributed by atoms with Gasteiger partial charge in [0.15, 0.2) is 6.10 Å². The molecule has 1 rings (SSSR count). The van der Waals surface area contributed by atoms with Crippen molar-refractivity contribution < 1.29 is 29.3 Å². The molecule has 0 spiro atoms. The largest absolute Gasteiger partial charge is 0.479 e. The molecule has 1 saturated heterocycles. The van der Waals surface area contributed by atoms with Crippen LogP contribution >= 0.6 is 0 Å². The van der Waals surface area contributed by atoms with Gasteiger partial charge in [0.05, 0.1) is 6.54 Å². The molecule has 0 aromatic rings. The van der Waals surface area contributed by atoms with Crippen LogP contribution in [0.5, 0.6) is 0 Å². The predicted molar refractivity (Wildman–Crippen MR) is 53.7 cm³/mol. The molecule has 96 valence electrons. The molecule has 3 atom stereocenters. The van der Waals surface area contributed by atoms with E-state index in [4.69, 9.17) is 20.7 Å². The van der Waals surface area contributed by atoms with E-state index in [0.29, 0.717) is 0 Å². The molecule has 1 aliphatic rings. The zero-order valence-corrected chi connectivity index (χ0v) is 8.96. The summed E-state index contributed by atoms with van der Waals surface area (Å²) in [5.74, 6) is -2.62. The number of carbonyl (C=O) groups is 3. The molecule has 1 unspecified atom stereocenters. The Balaban J connectivity index is 2.35. The van der Waals surface area contributed by atoms with E-state index < -0.39 is 36.1 Å². The summed E-state index contributed by atoms with van der Waals surface area (Å²) >= 11 is 0. The van der Waals surface area contributed by atoms with Crippen LogP contribution in [0.1, 0.15) is 12.8 Å². The van der Waals surface area contributed by atoms with Crippen LogP contribution in [-0.2, 0) is 19.1 Å². The summed E-state index contributed by atoms with van der Waals surface area (Å²) < 4.78 is 4.97. The molecule has 0 aromatic carbocycles. The summed E-state index contributed by atoms with van der Waals surface area (Å²) in [6, 6.07) is 0. The smallest absolute Gasteiger partial charge is 0.332 e. The van der Waals surface area contributed by atoms with Gasteiger partial charge in [-0.15, -0.1) is 0 Å². The second kappa shape index (κ2) is 5.60. The molecular formula is C9H14N2O6. The molecule has 0 aromatic heterocycles. The van der Waals surface area contributed by atoms with Crippen molar-refractivity contribution in [3.8, 4) is 0 Å². The Morgan fingerprint density at radius 3 is 2.41 bits per heavy atom. The van der Waals surface area contributed by atoms with Crippen LogP contribution in [0.2, 0.25) is 0 Å². The number of carbonyl (C=O) groups excluding carboxylic acids is 2. The Hall–Kier alpha value is -1.67. The van der Waals surface area contributed by atoms with Gasteiger partial charge in [-0.05, 0) is 12.8 Å². The normalized spacial score (nSPS) is 25.2. The molecule has 1 aliphatic heterocycles. The number of aliphatic carboxylic acids is 1. The number of hydrogen-bond acceptors (Lipinski definition) is 5.